The summed E-state index contributed by atoms with van der Waals surface area (Å²) in [7, 11) is 4.89. The molecule has 0 saturated carbocycles. The van der Waals surface area contributed by atoms with Crippen molar-refractivity contribution in [2.75, 3.05) is 41.0 Å². The van der Waals surface area contributed by atoms with Gasteiger partial charge in [-0.25, -0.2) is 4.63 Å². The highest BCUT2D eigenvalue weighted by Crippen LogP contribution is 2.49. The Bertz CT molecular complexity index is 922. The van der Waals surface area contributed by atoms with E-state index in [-0.39, 0.29) is 11.3 Å². The molecule has 9 nitrogen and oxygen atoms in total. The zero-order valence-electron chi connectivity index (χ0n) is 17.9. The van der Waals surface area contributed by atoms with Gasteiger partial charge in [0.25, 0.3) is 0 Å². The summed E-state index contributed by atoms with van der Waals surface area (Å²) in [6.07, 6.45) is 1.73. The summed E-state index contributed by atoms with van der Waals surface area (Å²) >= 11 is 0. The zero-order valence-corrected chi connectivity index (χ0v) is 17.9. The SMILES string of the molecule is CNC(=O)C1c2cc(OC)c(OC)cc2C2(CCOCC2)CN1Cc1nonc1C. The number of hydrogen-bond donors (Lipinski definition) is 1. The van der Waals surface area contributed by atoms with Gasteiger partial charge in [0.2, 0.25) is 5.91 Å². The quantitative estimate of drug-likeness (QED) is 0.787. The Morgan fingerprint density at radius 1 is 1.23 bits per heavy atom. The molecule has 9 heteroatoms. The van der Waals surface area contributed by atoms with Crippen molar-refractivity contribution < 1.29 is 23.6 Å². The Balaban J connectivity index is 1.88. The van der Waals surface area contributed by atoms with Crippen LogP contribution in [0.5, 0.6) is 11.5 Å². The van der Waals surface area contributed by atoms with Gasteiger partial charge in [-0.2, -0.15) is 0 Å². The second kappa shape index (κ2) is 8.23. The van der Waals surface area contributed by atoms with Crippen molar-refractivity contribution >= 4 is 5.91 Å². The van der Waals surface area contributed by atoms with Crippen LogP contribution in [0.3, 0.4) is 0 Å². The normalized spacial score (nSPS) is 20.6. The molecule has 2 aliphatic rings. The predicted octanol–water partition coefficient (Wildman–Crippen LogP) is 1.75. The Morgan fingerprint density at radius 3 is 2.53 bits per heavy atom. The number of nitrogens with zero attached hydrogens (tertiary/aromatic N) is 3. The second-order valence-corrected chi connectivity index (χ2v) is 7.91. The summed E-state index contributed by atoms with van der Waals surface area (Å²) < 4.78 is 21.7. The zero-order chi connectivity index (χ0) is 21.3. The first-order valence-corrected chi connectivity index (χ1v) is 10.1. The number of carbonyl (C=O) groups is 1. The molecule has 1 aromatic heterocycles. The van der Waals surface area contributed by atoms with Gasteiger partial charge in [0, 0.05) is 38.8 Å². The first-order valence-electron chi connectivity index (χ1n) is 10.1. The molecule has 2 aliphatic heterocycles. The number of carbonyl (C=O) groups excluding carboxylic acids is 1. The van der Waals surface area contributed by atoms with Crippen LogP contribution < -0.4 is 14.8 Å². The molecule has 0 aliphatic carbocycles. The van der Waals surface area contributed by atoms with Crippen LogP contribution in [0.15, 0.2) is 16.8 Å². The summed E-state index contributed by atoms with van der Waals surface area (Å²) in [6.45, 7) is 4.37. The maximum atomic E-state index is 13.1. The molecule has 1 aromatic carbocycles. The monoisotopic (exact) mass is 416 g/mol. The van der Waals surface area contributed by atoms with Crippen molar-refractivity contribution in [2.24, 2.45) is 0 Å². The van der Waals surface area contributed by atoms with Crippen LogP contribution in [0.25, 0.3) is 0 Å². The van der Waals surface area contributed by atoms with E-state index in [2.05, 4.69) is 20.5 Å². The highest BCUT2D eigenvalue weighted by molar-refractivity contribution is 5.84. The number of aromatic nitrogens is 2. The van der Waals surface area contributed by atoms with E-state index < -0.39 is 6.04 Å². The van der Waals surface area contributed by atoms with Gasteiger partial charge >= 0.3 is 0 Å². The highest BCUT2D eigenvalue weighted by Gasteiger charge is 2.47. The third kappa shape index (κ3) is 3.41. The van der Waals surface area contributed by atoms with Crippen LogP contribution in [0.1, 0.15) is 41.4 Å². The lowest BCUT2D eigenvalue weighted by Crippen LogP contribution is -2.53. The van der Waals surface area contributed by atoms with Crippen LogP contribution in [0, 0.1) is 6.92 Å². The second-order valence-electron chi connectivity index (χ2n) is 7.91. The topological polar surface area (TPSA) is 99.0 Å². The lowest BCUT2D eigenvalue weighted by atomic mass is 9.68. The van der Waals surface area contributed by atoms with E-state index in [1.54, 1.807) is 21.3 Å². The molecule has 1 N–H and O–H groups in total. The van der Waals surface area contributed by atoms with Crippen LogP contribution in [-0.2, 0) is 21.5 Å². The van der Waals surface area contributed by atoms with Crippen molar-refractivity contribution in [3.8, 4) is 11.5 Å². The van der Waals surface area contributed by atoms with E-state index in [4.69, 9.17) is 18.8 Å². The van der Waals surface area contributed by atoms with Crippen LogP contribution in [-0.4, -0.2) is 62.1 Å². The van der Waals surface area contributed by atoms with Gasteiger partial charge in [-0.1, -0.05) is 10.3 Å². The fraction of sp³-hybridized carbons (Fsp3) is 0.571. The Labute approximate surface area is 175 Å². The predicted molar refractivity (Wildman–Crippen MR) is 108 cm³/mol. The van der Waals surface area contributed by atoms with Crippen molar-refractivity contribution in [3.63, 3.8) is 0 Å². The van der Waals surface area contributed by atoms with Gasteiger partial charge in [-0.05, 0) is 43.0 Å². The van der Waals surface area contributed by atoms with Gasteiger partial charge in [-0.15, -0.1) is 0 Å². The molecule has 4 rings (SSSR count). The molecular formula is C21H28N4O5. The molecule has 1 atom stereocenters. The van der Waals surface area contributed by atoms with Gasteiger partial charge in [0.05, 0.1) is 14.2 Å². The minimum absolute atomic E-state index is 0.0838. The smallest absolute Gasteiger partial charge is 0.241 e. The number of aryl methyl sites for hydroxylation is 1. The number of amides is 1. The molecule has 2 aromatic rings. The number of nitrogens with one attached hydrogen (secondary N) is 1. The standard InChI is InChI=1S/C21H28N4O5/c1-13-16(24-30-23-13)11-25-12-21(5-7-29-8-6-21)15-10-18(28-4)17(27-3)9-14(15)19(25)20(26)22-2/h9-10,19H,5-8,11-12H2,1-4H3,(H,22,26). The fourth-order valence-corrected chi connectivity index (χ4v) is 4.71. The average molecular weight is 416 g/mol. The summed E-state index contributed by atoms with van der Waals surface area (Å²) in [4.78, 5) is 15.2. The van der Waals surface area contributed by atoms with Crippen LogP contribution in [0.2, 0.25) is 0 Å². The van der Waals surface area contributed by atoms with E-state index in [0.717, 1.165) is 35.4 Å². The number of hydrogen-bond acceptors (Lipinski definition) is 8. The third-order valence-corrected chi connectivity index (χ3v) is 6.34. The Hall–Kier alpha value is -2.65. The molecule has 0 radical (unpaired) electrons. The summed E-state index contributed by atoms with van der Waals surface area (Å²) in [5.74, 6) is 1.19. The Kier molecular flexibility index (Phi) is 5.66. The molecule has 3 heterocycles. The number of methoxy groups -OCH3 is 2. The number of ether oxygens (including phenoxy) is 3. The molecule has 1 fully saturated rings. The average Bonchev–Trinajstić information content (AvgIpc) is 3.17. The number of fused-ring (bicyclic) bond motifs is 2. The van der Waals surface area contributed by atoms with E-state index >= 15 is 0 Å². The number of likely N-dealkylation sites (N-methyl/N-ethyl adjacent to an activating group) is 1. The summed E-state index contributed by atoms with van der Waals surface area (Å²) in [6, 6.07) is 3.48. The van der Waals surface area contributed by atoms with Gasteiger partial charge in [-0.3, -0.25) is 9.69 Å². The van der Waals surface area contributed by atoms with E-state index in [1.165, 1.54) is 0 Å². The van der Waals surface area contributed by atoms with Gasteiger partial charge in [0.15, 0.2) is 11.5 Å². The summed E-state index contributed by atoms with van der Waals surface area (Å²) in [5.41, 5.74) is 3.36. The molecule has 0 bridgehead atoms. The molecule has 30 heavy (non-hydrogen) atoms. The third-order valence-electron chi connectivity index (χ3n) is 6.34. The minimum Gasteiger partial charge on any atom is -0.493 e. The number of rotatable bonds is 5. The lowest BCUT2D eigenvalue weighted by Gasteiger charge is -2.49. The van der Waals surface area contributed by atoms with E-state index in [1.807, 2.05) is 19.1 Å². The molecule has 1 saturated heterocycles. The molecule has 1 amide bonds. The first-order chi connectivity index (χ1) is 14.5. The maximum absolute atomic E-state index is 13.1. The van der Waals surface area contributed by atoms with Gasteiger partial charge in [0.1, 0.15) is 17.4 Å². The van der Waals surface area contributed by atoms with Crippen molar-refractivity contribution in [1.29, 1.82) is 0 Å². The van der Waals surface area contributed by atoms with Crippen molar-refractivity contribution in [2.45, 2.75) is 37.8 Å². The number of benzene rings is 1. The van der Waals surface area contributed by atoms with Crippen molar-refractivity contribution in [3.05, 3.63) is 34.6 Å². The van der Waals surface area contributed by atoms with Crippen LogP contribution >= 0.6 is 0 Å². The molecule has 1 spiro atoms. The fourth-order valence-electron chi connectivity index (χ4n) is 4.71. The highest BCUT2D eigenvalue weighted by atomic mass is 16.6. The van der Waals surface area contributed by atoms with Crippen LogP contribution in [0.4, 0.5) is 0 Å². The van der Waals surface area contributed by atoms with Gasteiger partial charge < -0.3 is 19.5 Å². The van der Waals surface area contributed by atoms with Crippen molar-refractivity contribution in [1.82, 2.24) is 20.5 Å². The van der Waals surface area contributed by atoms with E-state index in [0.29, 0.717) is 37.8 Å². The summed E-state index contributed by atoms with van der Waals surface area (Å²) in [5, 5.41) is 10.8. The lowest BCUT2D eigenvalue weighted by molar-refractivity contribution is -0.128. The Morgan fingerprint density at radius 2 is 1.93 bits per heavy atom. The molecule has 1 unspecified atom stereocenters. The minimum atomic E-state index is -0.491. The first kappa shape index (κ1) is 20.6. The molecule has 162 valence electrons. The molecular weight excluding hydrogens is 388 g/mol. The maximum Gasteiger partial charge on any atom is 0.241 e. The largest absolute Gasteiger partial charge is 0.493 e. The van der Waals surface area contributed by atoms with E-state index in [9.17, 15) is 4.79 Å².